The van der Waals surface area contributed by atoms with Crippen LogP contribution in [0.2, 0.25) is 0 Å². The topological polar surface area (TPSA) is 152 Å². The molecular formula is C89H136O11. The fraction of sp³-hybridized carbons (Fsp3) is 0.831. The summed E-state index contributed by atoms with van der Waals surface area (Å²) < 4.78 is 33.3. The Kier molecular flexibility index (Phi) is 19.6. The molecule has 2 aliphatic heterocycles. The van der Waals surface area contributed by atoms with Crippen LogP contribution >= 0.6 is 0 Å². The molecular weight excluding hydrogens is 1240 g/mol. The Morgan fingerprint density at radius 3 is 1.36 bits per heavy atom. The predicted octanol–water partition coefficient (Wildman–Crippen LogP) is 19.8. The van der Waals surface area contributed by atoms with Gasteiger partial charge in [0.05, 0.1) is 29.3 Å². The lowest BCUT2D eigenvalue weighted by Crippen LogP contribution is -2.67. The number of aliphatic hydroxyl groups is 1. The molecule has 28 atom stereocenters. The van der Waals surface area contributed by atoms with Gasteiger partial charge >= 0.3 is 5.97 Å². The molecule has 8 saturated carbocycles. The highest BCUT2D eigenvalue weighted by Crippen LogP contribution is 2.79. The highest BCUT2D eigenvalue weighted by atomic mass is 16.7. The number of carbonyl (C=O) groups is 5. The van der Waals surface area contributed by atoms with E-state index in [0.717, 1.165) is 89.9 Å². The minimum absolute atomic E-state index is 0.0113. The van der Waals surface area contributed by atoms with Gasteiger partial charge < -0.3 is 28.8 Å². The summed E-state index contributed by atoms with van der Waals surface area (Å²) in [7, 11) is 0. The number of esters is 1. The zero-order valence-electron chi connectivity index (χ0n) is 66.8. The molecule has 0 bridgehead atoms. The molecule has 11 nitrogen and oxygen atoms in total. The van der Waals surface area contributed by atoms with Crippen LogP contribution in [0.3, 0.4) is 0 Å². The normalized spacial score (nSPS) is 49.3. The van der Waals surface area contributed by atoms with E-state index in [1.807, 2.05) is 39.0 Å². The molecule has 13 rings (SSSR count). The number of rotatable bonds is 10. The average molecular weight is 1380 g/mol. The van der Waals surface area contributed by atoms with Crippen LogP contribution < -0.4 is 0 Å². The number of benzene rings is 1. The lowest BCUT2D eigenvalue weighted by atomic mass is 9.32. The Labute approximate surface area is 604 Å². The predicted molar refractivity (Wildman–Crippen MR) is 395 cm³/mol. The van der Waals surface area contributed by atoms with Gasteiger partial charge in [-0.25, -0.2) is 4.79 Å². The second-order valence-electron chi connectivity index (χ2n) is 41.0. The number of hydrogen-bond acceptors (Lipinski definition) is 11. The van der Waals surface area contributed by atoms with E-state index in [-0.39, 0.29) is 131 Å². The van der Waals surface area contributed by atoms with Crippen molar-refractivity contribution < 1.29 is 52.8 Å². The molecule has 12 aliphatic rings. The number of ether oxygens (including phenoxy) is 5. The lowest BCUT2D eigenvalue weighted by molar-refractivity contribution is -0.305. The first-order chi connectivity index (χ1) is 46.3. The van der Waals surface area contributed by atoms with Gasteiger partial charge in [0, 0.05) is 17.3 Å². The largest absolute Gasteiger partial charge is 0.453 e. The lowest BCUT2D eigenvalue weighted by Gasteiger charge is -2.72. The van der Waals surface area contributed by atoms with Crippen LogP contribution in [0.15, 0.2) is 53.6 Å². The van der Waals surface area contributed by atoms with Gasteiger partial charge in [0.15, 0.2) is 30.3 Å². The van der Waals surface area contributed by atoms with Gasteiger partial charge in [-0.3, -0.25) is 19.2 Å². The highest BCUT2D eigenvalue weighted by Gasteiger charge is 2.73. The number of Topliss-reactive ketones (excluding diaryl/α,β-unsaturated/α-hetero) is 4. The minimum atomic E-state index is -0.857. The first-order valence-electron chi connectivity index (χ1n) is 40.3. The fourth-order valence-electron chi connectivity index (χ4n) is 28.0. The SMILES string of the molecule is CC(=O)C1OC(O[C@H]2CCC3(C)C4CC=C5C6CC(C)(C)CC[C@]6(C(C)=O)C(C)C[C@@]5(C)[C@@]4(C)CC[C@H]3C2(C)C)C(C)[C@H](C)[C@@H]1C.CC(=O)C1O[C@@H](O[C@H]2CCC3(C)C4CC=C5C6CC(C)(C)CC[C@]6(C(C)=O)C(O)C[C@@]5(C)[C@@]4(C)CC[C@H]3C2(C)C)C(OC(=O)c2ccccc2)[C@@H](C)[C@@H]1C. The van der Waals surface area contributed by atoms with Crippen LogP contribution in [0.4, 0.5) is 0 Å². The molecule has 11 heteroatoms. The summed E-state index contributed by atoms with van der Waals surface area (Å²) in [5.41, 5.74) is 3.33. The van der Waals surface area contributed by atoms with Gasteiger partial charge in [-0.15, -0.1) is 0 Å². The van der Waals surface area contributed by atoms with E-state index in [9.17, 15) is 29.1 Å². The standard InChI is InChI=1S/C47H68O7.C42H68O4/c1-27-28(2)39(53-40(51)31-15-13-12-14-16-31)41(54-38(27)29(3)48)52-37-20-21-44(9)34(43(37,7)8)19-22-45(10)35(44)18-17-32-33-25-42(5,6)23-24-47(33,30(4)49)36(50)26-46(32,45)11;1-24-22-41(13)30(31-23-37(7,8)20-21-42(24,31)29(6)44)14-15-33-39(11)18-17-34(38(9,10)32(39)16-19-40(33,41)12)45-36-27(4)25(2)26(3)35(46-36)28(5)43/h12-17,27-28,33-39,41,50H,18-26H2,1-11H3;14,24-27,31-36H,15-23H2,1-13H3/t27-,28-,33?,34-,35?,36?,37-,38?,39?,41+,44?,45-,46+,47+;24?,25-,26+,27?,31?,32+,33?,34+,35?,36?,39?,40+,41-,42-/m01/s1. The minimum Gasteiger partial charge on any atom is -0.453 e. The van der Waals surface area contributed by atoms with Crippen LogP contribution in [-0.4, -0.2) is 83.4 Å². The van der Waals surface area contributed by atoms with Crippen LogP contribution in [0.1, 0.15) is 292 Å². The number of hydrogen-bond donors (Lipinski definition) is 1. The van der Waals surface area contributed by atoms with E-state index in [2.05, 4.69) is 137 Å². The molecule has 13 unspecified atom stereocenters. The molecule has 10 fully saturated rings. The summed E-state index contributed by atoms with van der Waals surface area (Å²) in [5.74, 6) is 3.68. The van der Waals surface area contributed by atoms with Crippen molar-refractivity contribution in [2.45, 2.75) is 331 Å². The monoisotopic (exact) mass is 1380 g/mol. The molecule has 1 aromatic carbocycles. The van der Waals surface area contributed by atoms with Crippen LogP contribution in [0.5, 0.6) is 0 Å². The summed E-state index contributed by atoms with van der Waals surface area (Å²) in [6, 6.07) is 9.03. The maximum Gasteiger partial charge on any atom is 0.338 e. The third-order valence-electron chi connectivity index (χ3n) is 34.8. The first-order valence-corrected chi connectivity index (χ1v) is 40.3. The zero-order valence-corrected chi connectivity index (χ0v) is 66.8. The molecule has 100 heavy (non-hydrogen) atoms. The molecule has 1 aromatic rings. The maximum atomic E-state index is 13.6. The van der Waals surface area contributed by atoms with Crippen LogP contribution in [0.25, 0.3) is 0 Å². The Morgan fingerprint density at radius 2 is 0.890 bits per heavy atom. The second-order valence-corrected chi connectivity index (χ2v) is 41.0. The van der Waals surface area contributed by atoms with Crippen molar-refractivity contribution in [2.24, 2.45) is 136 Å². The van der Waals surface area contributed by atoms with Gasteiger partial charge in [0.2, 0.25) is 0 Å². The zero-order chi connectivity index (χ0) is 73.4. The summed E-state index contributed by atoms with van der Waals surface area (Å²) in [4.78, 5) is 66.0. The van der Waals surface area contributed by atoms with E-state index in [0.29, 0.717) is 59.2 Å². The van der Waals surface area contributed by atoms with Crippen molar-refractivity contribution in [3.63, 3.8) is 0 Å². The molecule has 0 aromatic heterocycles. The Balaban J connectivity index is 0.000000192. The molecule has 2 heterocycles. The van der Waals surface area contributed by atoms with Gasteiger partial charge in [-0.2, -0.15) is 0 Å². The van der Waals surface area contributed by atoms with Gasteiger partial charge in [0.1, 0.15) is 23.8 Å². The van der Waals surface area contributed by atoms with E-state index < -0.39 is 36.0 Å². The molecule has 2 saturated heterocycles. The van der Waals surface area contributed by atoms with Crippen LogP contribution in [0, 0.1) is 136 Å². The Hall–Kier alpha value is -3.35. The number of allylic oxidation sites excluding steroid dienone is 4. The Morgan fingerprint density at radius 1 is 0.460 bits per heavy atom. The maximum absolute atomic E-state index is 13.6. The summed E-state index contributed by atoms with van der Waals surface area (Å²) in [6.45, 7) is 54.7. The summed E-state index contributed by atoms with van der Waals surface area (Å²) in [5, 5.41) is 12.2. The van der Waals surface area contributed by atoms with E-state index in [1.165, 1.54) is 24.8 Å². The van der Waals surface area contributed by atoms with Gasteiger partial charge in [0.25, 0.3) is 0 Å². The van der Waals surface area contributed by atoms with Gasteiger partial charge in [-0.05, 0) is 269 Å². The number of aliphatic hydroxyl groups excluding tert-OH is 1. The third kappa shape index (κ3) is 11.3. The highest BCUT2D eigenvalue weighted by molar-refractivity contribution is 5.89. The van der Waals surface area contributed by atoms with Crippen molar-refractivity contribution in [3.8, 4) is 0 Å². The molecule has 0 radical (unpaired) electrons. The molecule has 558 valence electrons. The fourth-order valence-corrected chi connectivity index (χ4v) is 28.0. The van der Waals surface area contributed by atoms with Gasteiger partial charge in [-0.1, -0.05) is 180 Å². The van der Waals surface area contributed by atoms with E-state index in [4.69, 9.17) is 23.7 Å². The first kappa shape index (κ1) is 76.3. The quantitative estimate of drug-likeness (QED) is 0.135. The van der Waals surface area contributed by atoms with Crippen LogP contribution in [-0.2, 0) is 42.9 Å². The molecule has 0 spiro atoms. The van der Waals surface area contributed by atoms with Crippen molar-refractivity contribution >= 4 is 29.1 Å². The van der Waals surface area contributed by atoms with Crippen molar-refractivity contribution in [1.29, 1.82) is 0 Å². The smallest absolute Gasteiger partial charge is 0.338 e. The molecule has 1 N–H and O–H groups in total. The summed E-state index contributed by atoms with van der Waals surface area (Å²) in [6.07, 6.45) is 20.3. The van der Waals surface area contributed by atoms with Crippen molar-refractivity contribution in [3.05, 3.63) is 59.2 Å². The van der Waals surface area contributed by atoms with Crippen molar-refractivity contribution in [2.75, 3.05) is 0 Å². The number of carbonyl (C=O) groups excluding carboxylic acids is 5. The second kappa shape index (κ2) is 25.7. The molecule has 10 aliphatic carbocycles. The third-order valence-corrected chi connectivity index (χ3v) is 34.8. The summed E-state index contributed by atoms with van der Waals surface area (Å²) >= 11 is 0. The number of ketones is 4. The Bertz CT molecular complexity index is 3390. The van der Waals surface area contributed by atoms with E-state index >= 15 is 0 Å². The van der Waals surface area contributed by atoms with Crippen molar-refractivity contribution in [1.82, 2.24) is 0 Å². The number of fused-ring (bicyclic) bond motifs is 14. The molecule has 0 amide bonds. The van der Waals surface area contributed by atoms with E-state index in [1.54, 1.807) is 38.5 Å². The average Bonchev–Trinajstić information content (AvgIpc) is 0.677.